The van der Waals surface area contributed by atoms with Crippen molar-refractivity contribution >= 4 is 11.9 Å². The van der Waals surface area contributed by atoms with E-state index < -0.39 is 11.6 Å². The summed E-state index contributed by atoms with van der Waals surface area (Å²) < 4.78 is 5.19. The minimum Gasteiger partial charge on any atom is -0.460 e. The van der Waals surface area contributed by atoms with Crippen LogP contribution in [-0.2, 0) is 14.3 Å². The Balaban J connectivity index is 2.31. The van der Waals surface area contributed by atoms with Crippen LogP contribution in [-0.4, -0.2) is 41.5 Å². The van der Waals surface area contributed by atoms with Crippen LogP contribution in [0.5, 0.6) is 0 Å². The molecule has 5 heteroatoms. The number of piperidine rings is 1. The van der Waals surface area contributed by atoms with Gasteiger partial charge in [-0.25, -0.2) is 0 Å². The second-order valence-corrected chi connectivity index (χ2v) is 6.12. The Hall–Kier alpha value is -1.10. The predicted molar refractivity (Wildman–Crippen MR) is 73.5 cm³/mol. The fraction of sp³-hybridized carbons (Fsp3) is 0.857. The normalized spacial score (nSPS) is 18.0. The molecular weight excluding hydrogens is 244 g/mol. The lowest BCUT2D eigenvalue weighted by Crippen LogP contribution is -2.46. The van der Waals surface area contributed by atoms with Crippen LogP contribution in [0.1, 0.15) is 52.9 Å². The lowest BCUT2D eigenvalue weighted by molar-refractivity contribution is -0.155. The van der Waals surface area contributed by atoms with E-state index in [1.54, 1.807) is 0 Å². The summed E-state index contributed by atoms with van der Waals surface area (Å²) in [5, 5.41) is 0. The maximum Gasteiger partial charge on any atom is 0.306 e. The van der Waals surface area contributed by atoms with Crippen molar-refractivity contribution in [2.24, 2.45) is 5.73 Å². The van der Waals surface area contributed by atoms with Gasteiger partial charge in [-0.1, -0.05) is 0 Å². The van der Waals surface area contributed by atoms with Crippen LogP contribution in [0.2, 0.25) is 0 Å². The molecule has 1 atom stereocenters. The van der Waals surface area contributed by atoms with E-state index in [-0.39, 0.29) is 18.3 Å². The maximum atomic E-state index is 12.0. The number of carbonyl (C=O) groups excluding carboxylic acids is 2. The van der Waals surface area contributed by atoms with Crippen molar-refractivity contribution in [3.05, 3.63) is 0 Å². The third-order valence-electron chi connectivity index (χ3n) is 3.06. The van der Waals surface area contributed by atoms with Gasteiger partial charge in [0.1, 0.15) is 5.60 Å². The van der Waals surface area contributed by atoms with Crippen LogP contribution in [0, 0.1) is 0 Å². The SMILES string of the molecule is CC(C)(C)OC(=O)CC[C@H](N)C(=O)N1CCCCC1. The quantitative estimate of drug-likeness (QED) is 0.785. The highest BCUT2D eigenvalue weighted by Crippen LogP contribution is 2.13. The van der Waals surface area contributed by atoms with E-state index >= 15 is 0 Å². The zero-order chi connectivity index (χ0) is 14.5. The van der Waals surface area contributed by atoms with Crippen molar-refractivity contribution in [3.63, 3.8) is 0 Å². The van der Waals surface area contributed by atoms with E-state index in [1.807, 2.05) is 25.7 Å². The molecule has 1 saturated heterocycles. The summed E-state index contributed by atoms with van der Waals surface area (Å²) in [5.74, 6) is -0.336. The van der Waals surface area contributed by atoms with Gasteiger partial charge in [0.15, 0.2) is 0 Å². The first-order valence-corrected chi connectivity index (χ1v) is 7.06. The number of rotatable bonds is 4. The molecule has 1 aliphatic rings. The molecule has 0 aromatic heterocycles. The molecule has 1 heterocycles. The molecule has 0 aromatic rings. The monoisotopic (exact) mass is 270 g/mol. The smallest absolute Gasteiger partial charge is 0.306 e. The minimum absolute atomic E-state index is 0.0386. The van der Waals surface area contributed by atoms with Crippen molar-refractivity contribution in [1.82, 2.24) is 4.90 Å². The highest BCUT2D eigenvalue weighted by Gasteiger charge is 2.24. The molecule has 1 fully saturated rings. The number of amides is 1. The predicted octanol–water partition coefficient (Wildman–Crippen LogP) is 1.45. The van der Waals surface area contributed by atoms with Crippen LogP contribution in [0.3, 0.4) is 0 Å². The third kappa shape index (κ3) is 6.05. The summed E-state index contributed by atoms with van der Waals surface area (Å²) >= 11 is 0. The van der Waals surface area contributed by atoms with Crippen LogP contribution in [0.25, 0.3) is 0 Å². The summed E-state index contributed by atoms with van der Waals surface area (Å²) in [6, 6.07) is -0.592. The largest absolute Gasteiger partial charge is 0.460 e. The summed E-state index contributed by atoms with van der Waals surface area (Å²) in [7, 11) is 0. The zero-order valence-electron chi connectivity index (χ0n) is 12.3. The molecule has 1 rings (SSSR count). The van der Waals surface area contributed by atoms with Gasteiger partial charge in [0.05, 0.1) is 6.04 Å². The average Bonchev–Trinajstić information content (AvgIpc) is 2.34. The van der Waals surface area contributed by atoms with Gasteiger partial charge in [-0.05, 0) is 46.5 Å². The minimum atomic E-state index is -0.592. The molecular formula is C14H26N2O3. The lowest BCUT2D eigenvalue weighted by Gasteiger charge is -2.29. The number of nitrogens with zero attached hydrogens (tertiary/aromatic N) is 1. The molecule has 110 valence electrons. The molecule has 0 radical (unpaired) electrons. The summed E-state index contributed by atoms with van der Waals surface area (Å²) in [6.07, 6.45) is 3.81. The Morgan fingerprint density at radius 1 is 1.21 bits per heavy atom. The fourth-order valence-corrected chi connectivity index (χ4v) is 2.14. The van der Waals surface area contributed by atoms with Crippen LogP contribution in [0.4, 0.5) is 0 Å². The van der Waals surface area contributed by atoms with Crippen LogP contribution in [0.15, 0.2) is 0 Å². The molecule has 0 aromatic carbocycles. The molecule has 2 N–H and O–H groups in total. The van der Waals surface area contributed by atoms with Crippen molar-refractivity contribution in [2.45, 2.75) is 64.5 Å². The Morgan fingerprint density at radius 2 is 1.79 bits per heavy atom. The number of hydrogen-bond donors (Lipinski definition) is 1. The molecule has 0 bridgehead atoms. The average molecular weight is 270 g/mol. The number of nitrogens with two attached hydrogens (primary N) is 1. The van der Waals surface area contributed by atoms with E-state index in [4.69, 9.17) is 10.5 Å². The van der Waals surface area contributed by atoms with Gasteiger partial charge in [0, 0.05) is 19.5 Å². The molecule has 0 saturated carbocycles. The molecule has 1 amide bonds. The summed E-state index contributed by atoms with van der Waals surface area (Å²) in [6.45, 7) is 7.05. The first-order valence-electron chi connectivity index (χ1n) is 7.06. The van der Waals surface area contributed by atoms with Crippen molar-refractivity contribution in [2.75, 3.05) is 13.1 Å². The first-order chi connectivity index (χ1) is 8.79. The molecule has 1 aliphatic heterocycles. The van der Waals surface area contributed by atoms with E-state index in [2.05, 4.69) is 0 Å². The van der Waals surface area contributed by atoms with Crippen molar-refractivity contribution < 1.29 is 14.3 Å². The van der Waals surface area contributed by atoms with Gasteiger partial charge in [0.25, 0.3) is 0 Å². The number of hydrogen-bond acceptors (Lipinski definition) is 4. The molecule has 0 spiro atoms. The first kappa shape index (κ1) is 16.0. The van der Waals surface area contributed by atoms with E-state index in [1.165, 1.54) is 6.42 Å². The Labute approximate surface area is 115 Å². The van der Waals surface area contributed by atoms with E-state index in [0.29, 0.717) is 6.42 Å². The van der Waals surface area contributed by atoms with Gasteiger partial charge in [0.2, 0.25) is 5.91 Å². The third-order valence-corrected chi connectivity index (χ3v) is 3.06. The summed E-state index contributed by atoms with van der Waals surface area (Å²) in [5.41, 5.74) is 5.37. The lowest BCUT2D eigenvalue weighted by atomic mass is 10.1. The number of carbonyl (C=O) groups is 2. The van der Waals surface area contributed by atoms with E-state index in [0.717, 1.165) is 25.9 Å². The second-order valence-electron chi connectivity index (χ2n) is 6.12. The number of ether oxygens (including phenoxy) is 1. The van der Waals surface area contributed by atoms with Gasteiger partial charge < -0.3 is 15.4 Å². The fourth-order valence-electron chi connectivity index (χ4n) is 2.14. The molecule has 0 aliphatic carbocycles. The van der Waals surface area contributed by atoms with Gasteiger partial charge >= 0.3 is 5.97 Å². The zero-order valence-corrected chi connectivity index (χ0v) is 12.3. The Kier molecular flexibility index (Phi) is 5.79. The topological polar surface area (TPSA) is 72.6 Å². The maximum absolute atomic E-state index is 12.0. The summed E-state index contributed by atoms with van der Waals surface area (Å²) in [4.78, 5) is 25.4. The second kappa shape index (κ2) is 6.89. The Bertz CT molecular complexity index is 317. The molecule has 0 unspecified atom stereocenters. The Morgan fingerprint density at radius 3 is 2.32 bits per heavy atom. The van der Waals surface area contributed by atoms with E-state index in [9.17, 15) is 9.59 Å². The highest BCUT2D eigenvalue weighted by atomic mass is 16.6. The van der Waals surface area contributed by atoms with Crippen LogP contribution < -0.4 is 5.73 Å². The molecule has 5 nitrogen and oxygen atoms in total. The van der Waals surface area contributed by atoms with Gasteiger partial charge in [-0.15, -0.1) is 0 Å². The van der Waals surface area contributed by atoms with Gasteiger partial charge in [-0.2, -0.15) is 0 Å². The number of likely N-dealkylation sites (tertiary alicyclic amines) is 1. The highest BCUT2D eigenvalue weighted by molar-refractivity contribution is 5.82. The molecule has 19 heavy (non-hydrogen) atoms. The number of esters is 1. The van der Waals surface area contributed by atoms with Gasteiger partial charge in [-0.3, -0.25) is 9.59 Å². The van der Waals surface area contributed by atoms with Crippen LogP contribution >= 0.6 is 0 Å². The van der Waals surface area contributed by atoms with Crippen molar-refractivity contribution in [1.29, 1.82) is 0 Å². The van der Waals surface area contributed by atoms with Crippen molar-refractivity contribution in [3.8, 4) is 0 Å². The standard InChI is InChI=1S/C14H26N2O3/c1-14(2,3)19-12(17)8-7-11(15)13(18)16-9-5-4-6-10-16/h11H,4-10,15H2,1-3H3/t11-/m0/s1.